The Morgan fingerprint density at radius 3 is 2.65 bits per heavy atom. The minimum absolute atomic E-state index is 0.0102. The van der Waals surface area contributed by atoms with E-state index in [0.717, 1.165) is 21.6 Å². The second-order valence-electron chi connectivity index (χ2n) is 8.02. The minimum atomic E-state index is -3.71. The first-order valence-corrected chi connectivity index (χ1v) is 12.1. The van der Waals surface area contributed by atoms with Crippen LogP contribution in [0.15, 0.2) is 53.0 Å². The van der Waals surface area contributed by atoms with E-state index >= 15 is 0 Å². The molecule has 2 aromatic carbocycles. The van der Waals surface area contributed by atoms with Crippen molar-refractivity contribution in [3.05, 3.63) is 48.1 Å². The Morgan fingerprint density at radius 2 is 1.90 bits per heavy atom. The lowest BCUT2D eigenvalue weighted by atomic mass is 10.1. The monoisotopic (exact) mass is 457 g/mol. The molecule has 2 N–H and O–H groups in total. The molecule has 162 valence electrons. The third-order valence-electron chi connectivity index (χ3n) is 4.86. The van der Waals surface area contributed by atoms with E-state index in [1.54, 1.807) is 62.0 Å². The standard InChI is InChI=1S/C22H23N3O4S2/c1-22(2,3)31(27,28)21-11-15-16(6-7-23-17(15)12-19(21)29-9-8-26)25-14-4-5-20-18(10-14)24-13-30-20/h4-7,10-13,26H,8-9H2,1-3H3,(H,23,25). The van der Waals surface area contributed by atoms with Crippen molar-refractivity contribution >= 4 is 53.7 Å². The topological polar surface area (TPSA) is 101 Å². The largest absolute Gasteiger partial charge is 0.490 e. The summed E-state index contributed by atoms with van der Waals surface area (Å²) < 4.78 is 32.2. The molecule has 4 rings (SSSR count). The molecule has 31 heavy (non-hydrogen) atoms. The Bertz CT molecular complexity index is 1360. The van der Waals surface area contributed by atoms with Crippen LogP contribution in [0.2, 0.25) is 0 Å². The average Bonchev–Trinajstić information content (AvgIpc) is 3.19. The molecule has 0 aliphatic carbocycles. The van der Waals surface area contributed by atoms with Crippen LogP contribution in [0.25, 0.3) is 21.1 Å². The lowest BCUT2D eigenvalue weighted by Gasteiger charge is -2.22. The molecule has 0 spiro atoms. The van der Waals surface area contributed by atoms with Crippen LogP contribution in [0.4, 0.5) is 11.4 Å². The van der Waals surface area contributed by atoms with Crippen molar-refractivity contribution in [3.63, 3.8) is 0 Å². The fourth-order valence-corrected chi connectivity index (χ4v) is 5.14. The summed E-state index contributed by atoms with van der Waals surface area (Å²) in [7, 11) is -3.71. The molecule has 0 unspecified atom stereocenters. The summed E-state index contributed by atoms with van der Waals surface area (Å²) in [6.07, 6.45) is 1.65. The Labute approximate surface area is 184 Å². The van der Waals surface area contributed by atoms with Crippen LogP contribution in [0, 0.1) is 0 Å². The molecule has 0 atom stereocenters. The summed E-state index contributed by atoms with van der Waals surface area (Å²) in [5.74, 6) is 0.185. The minimum Gasteiger partial charge on any atom is -0.490 e. The number of fused-ring (bicyclic) bond motifs is 2. The van der Waals surface area contributed by atoms with Crippen molar-refractivity contribution in [3.8, 4) is 5.75 Å². The van der Waals surface area contributed by atoms with Gasteiger partial charge in [-0.1, -0.05) is 0 Å². The van der Waals surface area contributed by atoms with Gasteiger partial charge in [-0.2, -0.15) is 0 Å². The summed E-state index contributed by atoms with van der Waals surface area (Å²) in [6, 6.07) is 10.9. The quantitative estimate of drug-likeness (QED) is 0.438. The first kappa shape index (κ1) is 21.5. The molecule has 0 bridgehead atoms. The van der Waals surface area contributed by atoms with Gasteiger partial charge < -0.3 is 15.2 Å². The predicted molar refractivity (Wildman–Crippen MR) is 124 cm³/mol. The lowest BCUT2D eigenvalue weighted by molar-refractivity contribution is 0.198. The summed E-state index contributed by atoms with van der Waals surface area (Å²) in [4.78, 5) is 8.81. The fourth-order valence-electron chi connectivity index (χ4n) is 3.16. The molecule has 2 aromatic heterocycles. The number of nitrogens with one attached hydrogen (secondary N) is 1. The van der Waals surface area contributed by atoms with Crippen molar-refractivity contribution < 1.29 is 18.3 Å². The van der Waals surface area contributed by atoms with E-state index in [2.05, 4.69) is 15.3 Å². The zero-order valence-electron chi connectivity index (χ0n) is 17.4. The maximum Gasteiger partial charge on any atom is 0.186 e. The predicted octanol–water partition coefficient (Wildman–Crippen LogP) is 4.53. The second-order valence-corrected chi connectivity index (χ2v) is 11.6. The van der Waals surface area contributed by atoms with Crippen LogP contribution in [-0.4, -0.2) is 41.5 Å². The number of rotatable bonds is 6. The number of anilines is 2. The first-order valence-electron chi connectivity index (χ1n) is 9.72. The van der Waals surface area contributed by atoms with Gasteiger partial charge in [-0.15, -0.1) is 11.3 Å². The van der Waals surface area contributed by atoms with Crippen molar-refractivity contribution in [1.82, 2.24) is 9.97 Å². The fraction of sp³-hybridized carbons (Fsp3) is 0.273. The normalized spacial score (nSPS) is 12.4. The van der Waals surface area contributed by atoms with Crippen LogP contribution in [0.1, 0.15) is 20.8 Å². The lowest BCUT2D eigenvalue weighted by Crippen LogP contribution is -2.28. The van der Waals surface area contributed by atoms with E-state index in [4.69, 9.17) is 9.84 Å². The summed E-state index contributed by atoms with van der Waals surface area (Å²) in [5.41, 5.74) is 4.84. The van der Waals surface area contributed by atoms with Crippen molar-refractivity contribution in [2.24, 2.45) is 0 Å². The number of benzene rings is 2. The molecule has 0 aliphatic rings. The van der Waals surface area contributed by atoms with E-state index in [-0.39, 0.29) is 23.9 Å². The van der Waals surface area contributed by atoms with E-state index in [1.165, 1.54) is 0 Å². The number of sulfone groups is 1. The molecule has 4 aromatic rings. The number of ether oxygens (including phenoxy) is 1. The van der Waals surface area contributed by atoms with Gasteiger partial charge in [0.2, 0.25) is 0 Å². The number of hydrogen-bond acceptors (Lipinski definition) is 8. The second kappa shape index (κ2) is 8.07. The average molecular weight is 458 g/mol. The molecule has 0 saturated heterocycles. The number of hydrogen-bond donors (Lipinski definition) is 2. The van der Waals surface area contributed by atoms with Crippen molar-refractivity contribution in [2.45, 2.75) is 30.4 Å². The van der Waals surface area contributed by atoms with Crippen LogP contribution in [-0.2, 0) is 9.84 Å². The summed E-state index contributed by atoms with van der Waals surface area (Å²) in [6.45, 7) is 4.71. The van der Waals surface area contributed by atoms with Gasteiger partial charge in [0, 0.05) is 29.0 Å². The Balaban J connectivity index is 1.86. The van der Waals surface area contributed by atoms with Gasteiger partial charge >= 0.3 is 0 Å². The Hall–Kier alpha value is -2.75. The zero-order chi connectivity index (χ0) is 22.2. The highest BCUT2D eigenvalue weighted by Gasteiger charge is 2.34. The molecule has 0 saturated carbocycles. The Morgan fingerprint density at radius 1 is 1.10 bits per heavy atom. The van der Waals surface area contributed by atoms with Crippen LogP contribution in [0.3, 0.4) is 0 Å². The van der Waals surface area contributed by atoms with E-state index in [0.29, 0.717) is 10.9 Å². The molecule has 0 fully saturated rings. The first-order chi connectivity index (χ1) is 14.7. The molecule has 2 heterocycles. The highest BCUT2D eigenvalue weighted by molar-refractivity contribution is 7.92. The van der Waals surface area contributed by atoms with Crippen LogP contribution >= 0.6 is 11.3 Å². The number of aliphatic hydroxyl groups excluding tert-OH is 1. The summed E-state index contributed by atoms with van der Waals surface area (Å²) in [5, 5.41) is 13.2. The van der Waals surface area contributed by atoms with E-state index < -0.39 is 14.6 Å². The Kier molecular flexibility index (Phi) is 5.59. The molecule has 0 aliphatic heterocycles. The van der Waals surface area contributed by atoms with Gasteiger partial charge in [-0.3, -0.25) is 4.98 Å². The molecular weight excluding hydrogens is 434 g/mol. The van der Waals surface area contributed by atoms with Gasteiger partial charge in [0.05, 0.1) is 32.6 Å². The third kappa shape index (κ3) is 4.08. The van der Waals surface area contributed by atoms with Gasteiger partial charge in [-0.25, -0.2) is 13.4 Å². The van der Waals surface area contributed by atoms with E-state index in [9.17, 15) is 8.42 Å². The number of aliphatic hydroxyl groups is 1. The van der Waals surface area contributed by atoms with Crippen molar-refractivity contribution in [2.75, 3.05) is 18.5 Å². The van der Waals surface area contributed by atoms with Crippen molar-refractivity contribution in [1.29, 1.82) is 0 Å². The highest BCUT2D eigenvalue weighted by Crippen LogP contribution is 2.37. The number of nitrogens with zero attached hydrogens (tertiary/aromatic N) is 2. The van der Waals surface area contributed by atoms with Gasteiger partial charge in [0.25, 0.3) is 0 Å². The smallest absolute Gasteiger partial charge is 0.186 e. The van der Waals surface area contributed by atoms with Crippen LogP contribution in [0.5, 0.6) is 5.75 Å². The highest BCUT2D eigenvalue weighted by atomic mass is 32.2. The van der Waals surface area contributed by atoms with Gasteiger partial charge in [0.1, 0.15) is 17.3 Å². The van der Waals surface area contributed by atoms with Gasteiger partial charge in [-0.05, 0) is 51.1 Å². The molecule has 0 radical (unpaired) electrons. The maximum absolute atomic E-state index is 13.3. The number of pyridine rings is 1. The zero-order valence-corrected chi connectivity index (χ0v) is 19.0. The molecule has 0 amide bonds. The van der Waals surface area contributed by atoms with Gasteiger partial charge in [0.15, 0.2) is 9.84 Å². The molecular formula is C22H23N3O4S2. The molecule has 9 heteroatoms. The number of aromatic nitrogens is 2. The van der Waals surface area contributed by atoms with E-state index in [1.807, 2.05) is 18.2 Å². The van der Waals surface area contributed by atoms with Crippen LogP contribution < -0.4 is 10.1 Å². The third-order valence-corrected chi connectivity index (χ3v) is 8.18. The maximum atomic E-state index is 13.3. The summed E-state index contributed by atoms with van der Waals surface area (Å²) >= 11 is 1.57. The molecule has 7 nitrogen and oxygen atoms in total. The number of thiazole rings is 1. The SMILES string of the molecule is CC(C)(C)S(=O)(=O)c1cc2c(Nc3ccc4scnc4c3)ccnc2cc1OCCO.